The molecule has 1 amide bonds. The molecule has 0 aliphatic carbocycles. The maximum absolute atomic E-state index is 14.4. The minimum atomic E-state index is -1.16. The van der Waals surface area contributed by atoms with E-state index in [1.807, 2.05) is 0 Å². The predicted octanol–water partition coefficient (Wildman–Crippen LogP) is 1.82. The molecule has 1 aliphatic heterocycles. The van der Waals surface area contributed by atoms with E-state index in [9.17, 15) is 18.4 Å². The number of halogens is 2. The number of hydrogen-bond donors (Lipinski definition) is 1. The lowest BCUT2D eigenvalue weighted by molar-refractivity contribution is 0.0652. The zero-order valence-corrected chi connectivity index (χ0v) is 14.6. The monoisotopic (exact) mass is 380 g/mol. The topological polar surface area (TPSA) is 97.5 Å². The lowest BCUT2D eigenvalue weighted by atomic mass is 9.97. The van der Waals surface area contributed by atoms with E-state index < -0.39 is 29.3 Å². The van der Waals surface area contributed by atoms with E-state index >= 15 is 0 Å². The normalized spacial score (nSPS) is 17.0. The summed E-state index contributed by atoms with van der Waals surface area (Å²) in [4.78, 5) is 25.1. The quantitative estimate of drug-likeness (QED) is 0.850. The van der Waals surface area contributed by atoms with Crippen LogP contribution in [0.2, 0.25) is 0 Å². The summed E-state index contributed by atoms with van der Waals surface area (Å²) in [6.07, 6.45) is 2.84. The van der Waals surface area contributed by atoms with E-state index in [2.05, 4.69) is 15.0 Å². The molecule has 1 N–H and O–H groups in total. The first-order valence-corrected chi connectivity index (χ1v) is 8.35. The fourth-order valence-electron chi connectivity index (χ4n) is 3.20. The van der Waals surface area contributed by atoms with Gasteiger partial charge in [-0.25, -0.2) is 13.6 Å². The summed E-state index contributed by atoms with van der Waals surface area (Å²) in [7, 11) is 1.14. The van der Waals surface area contributed by atoms with E-state index in [0.29, 0.717) is 26.1 Å². The van der Waals surface area contributed by atoms with Crippen molar-refractivity contribution in [2.24, 2.45) is 5.92 Å². The van der Waals surface area contributed by atoms with Crippen molar-refractivity contribution in [2.45, 2.75) is 19.4 Å². The highest BCUT2D eigenvalue weighted by molar-refractivity contribution is 5.95. The number of carbonyl (C=O) groups excluding carboxylic acids is 1. The summed E-state index contributed by atoms with van der Waals surface area (Å²) in [5.41, 5.74) is -0.401. The van der Waals surface area contributed by atoms with E-state index in [0.717, 1.165) is 25.7 Å². The Morgan fingerprint density at radius 2 is 2.15 bits per heavy atom. The van der Waals surface area contributed by atoms with Crippen molar-refractivity contribution in [1.29, 1.82) is 0 Å². The maximum atomic E-state index is 14.4. The number of ether oxygens (including phenoxy) is 1. The molecule has 0 radical (unpaired) electrons. The highest BCUT2D eigenvalue weighted by atomic mass is 19.1. The number of amides is 1. The van der Waals surface area contributed by atoms with Crippen LogP contribution in [0.25, 0.3) is 0 Å². The zero-order chi connectivity index (χ0) is 19.6. The largest absolute Gasteiger partial charge is 0.491 e. The second-order valence-corrected chi connectivity index (χ2v) is 6.33. The highest BCUT2D eigenvalue weighted by Gasteiger charge is 2.28. The molecule has 1 aromatic carbocycles. The number of nitrogens with zero attached hydrogens (tertiary/aromatic N) is 4. The van der Waals surface area contributed by atoms with Crippen LogP contribution in [0.3, 0.4) is 0 Å². The Morgan fingerprint density at radius 3 is 2.81 bits per heavy atom. The molecule has 1 aromatic heterocycles. The molecule has 3 rings (SSSR count). The number of benzene rings is 1. The lowest BCUT2D eigenvalue weighted by Gasteiger charge is -2.32. The van der Waals surface area contributed by atoms with Crippen LogP contribution in [-0.2, 0) is 6.54 Å². The summed E-state index contributed by atoms with van der Waals surface area (Å²) >= 11 is 0. The summed E-state index contributed by atoms with van der Waals surface area (Å²) in [6, 6.07) is 2.11. The number of methoxy groups -OCH3 is 1. The number of carbonyl (C=O) groups is 2. The van der Waals surface area contributed by atoms with Crippen LogP contribution in [0.1, 0.15) is 33.7 Å². The van der Waals surface area contributed by atoms with Crippen molar-refractivity contribution in [3.05, 3.63) is 41.2 Å². The Kier molecular flexibility index (Phi) is 5.33. The Balaban J connectivity index is 1.72. The Morgan fingerprint density at radius 1 is 1.37 bits per heavy atom. The van der Waals surface area contributed by atoms with Crippen LogP contribution < -0.4 is 4.74 Å². The molecule has 2 aromatic rings. The summed E-state index contributed by atoms with van der Waals surface area (Å²) in [6.45, 7) is 1.19. The molecule has 1 atom stereocenters. The van der Waals surface area contributed by atoms with Crippen LogP contribution in [0.4, 0.5) is 8.78 Å². The number of aromatic carboxylic acids is 1. The molecule has 27 heavy (non-hydrogen) atoms. The molecule has 2 heterocycles. The first-order valence-electron chi connectivity index (χ1n) is 8.35. The standard InChI is InChI=1S/C17H18F2N4O4/c1-27-15-12(18)5-4-11(14(15)19)16(24)22-6-2-3-10(7-22)8-23-9-13(17(25)26)20-21-23/h4-5,9-10H,2-3,6-8H2,1H3,(H,25,26)/t10-/m0/s1. The zero-order valence-electron chi connectivity index (χ0n) is 14.6. The van der Waals surface area contributed by atoms with Gasteiger partial charge in [-0.15, -0.1) is 5.10 Å². The summed E-state index contributed by atoms with van der Waals surface area (Å²) in [5.74, 6) is -4.17. The van der Waals surface area contributed by atoms with Crippen molar-refractivity contribution in [3.8, 4) is 5.75 Å². The van der Waals surface area contributed by atoms with Gasteiger partial charge in [-0.2, -0.15) is 0 Å². The number of carboxylic acids is 1. The van der Waals surface area contributed by atoms with Gasteiger partial charge < -0.3 is 14.7 Å². The maximum Gasteiger partial charge on any atom is 0.358 e. The Hall–Kier alpha value is -3.04. The molecule has 10 heteroatoms. The van der Waals surface area contributed by atoms with Crippen LogP contribution in [0.5, 0.6) is 5.75 Å². The van der Waals surface area contributed by atoms with Gasteiger partial charge in [0, 0.05) is 19.6 Å². The van der Waals surface area contributed by atoms with Crippen molar-refractivity contribution >= 4 is 11.9 Å². The first-order chi connectivity index (χ1) is 12.9. The molecule has 0 unspecified atom stereocenters. The third kappa shape index (κ3) is 3.88. The smallest absolute Gasteiger partial charge is 0.358 e. The number of hydrogen-bond acceptors (Lipinski definition) is 5. The predicted molar refractivity (Wildman–Crippen MR) is 88.5 cm³/mol. The third-order valence-corrected chi connectivity index (χ3v) is 4.49. The molecule has 8 nitrogen and oxygen atoms in total. The van der Waals surface area contributed by atoms with E-state index in [-0.39, 0.29) is 17.2 Å². The molecule has 1 fully saturated rings. The van der Waals surface area contributed by atoms with Crippen LogP contribution >= 0.6 is 0 Å². The lowest BCUT2D eigenvalue weighted by Crippen LogP contribution is -2.41. The summed E-state index contributed by atoms with van der Waals surface area (Å²) < 4.78 is 34.0. The van der Waals surface area contributed by atoms with Gasteiger partial charge >= 0.3 is 5.97 Å². The third-order valence-electron chi connectivity index (χ3n) is 4.49. The van der Waals surface area contributed by atoms with Gasteiger partial charge in [-0.1, -0.05) is 5.21 Å². The highest BCUT2D eigenvalue weighted by Crippen LogP contribution is 2.27. The molecule has 0 saturated carbocycles. The molecule has 1 saturated heterocycles. The van der Waals surface area contributed by atoms with Gasteiger partial charge in [-0.3, -0.25) is 9.48 Å². The van der Waals surface area contributed by atoms with Gasteiger partial charge in [-0.05, 0) is 30.9 Å². The van der Waals surface area contributed by atoms with Crippen molar-refractivity contribution < 1.29 is 28.2 Å². The van der Waals surface area contributed by atoms with E-state index in [4.69, 9.17) is 5.11 Å². The van der Waals surface area contributed by atoms with Crippen LogP contribution in [0.15, 0.2) is 18.3 Å². The minimum Gasteiger partial charge on any atom is -0.491 e. The number of aromatic nitrogens is 3. The number of carboxylic acid groups (broad SMARTS) is 1. The minimum absolute atomic E-state index is 0.0106. The molecule has 0 spiro atoms. The average Bonchev–Trinajstić information content (AvgIpc) is 3.11. The SMILES string of the molecule is COc1c(F)ccc(C(=O)N2CCC[C@H](Cn3cc(C(=O)O)nn3)C2)c1F. The van der Waals surface area contributed by atoms with Gasteiger partial charge in [0.05, 0.1) is 18.9 Å². The van der Waals surface area contributed by atoms with Crippen molar-refractivity contribution in [1.82, 2.24) is 19.9 Å². The van der Waals surface area contributed by atoms with Gasteiger partial charge in [0.25, 0.3) is 5.91 Å². The molecular formula is C17H18F2N4O4. The van der Waals surface area contributed by atoms with Crippen LogP contribution in [0, 0.1) is 17.6 Å². The fraction of sp³-hybridized carbons (Fsp3) is 0.412. The second kappa shape index (κ2) is 7.68. The summed E-state index contributed by atoms with van der Waals surface area (Å²) in [5, 5.41) is 16.2. The van der Waals surface area contributed by atoms with Gasteiger partial charge in [0.1, 0.15) is 0 Å². The average molecular weight is 380 g/mol. The van der Waals surface area contributed by atoms with Crippen molar-refractivity contribution in [2.75, 3.05) is 20.2 Å². The molecule has 0 bridgehead atoms. The van der Waals surface area contributed by atoms with Crippen LogP contribution in [-0.4, -0.2) is 57.1 Å². The molecular weight excluding hydrogens is 362 g/mol. The van der Waals surface area contributed by atoms with E-state index in [1.54, 1.807) is 0 Å². The number of likely N-dealkylation sites (tertiary alicyclic amines) is 1. The van der Waals surface area contributed by atoms with Gasteiger partial charge in [0.2, 0.25) is 0 Å². The Labute approximate surface area is 153 Å². The molecule has 144 valence electrons. The fourth-order valence-corrected chi connectivity index (χ4v) is 3.20. The van der Waals surface area contributed by atoms with Crippen molar-refractivity contribution in [3.63, 3.8) is 0 Å². The molecule has 1 aliphatic rings. The number of piperidine rings is 1. The van der Waals surface area contributed by atoms with E-state index in [1.165, 1.54) is 15.8 Å². The van der Waals surface area contributed by atoms with Gasteiger partial charge in [0.15, 0.2) is 23.1 Å². The first kappa shape index (κ1) is 18.7. The number of rotatable bonds is 5. The second-order valence-electron chi connectivity index (χ2n) is 6.33. The Bertz CT molecular complexity index is 871.